The van der Waals surface area contributed by atoms with Crippen molar-refractivity contribution in [2.45, 2.75) is 18.3 Å². The smallest absolute Gasteiger partial charge is 0.149 e. The fourth-order valence-electron chi connectivity index (χ4n) is 1.00. The second-order valence-electron chi connectivity index (χ2n) is 2.90. The van der Waals surface area contributed by atoms with Crippen LogP contribution in [0.3, 0.4) is 0 Å². The van der Waals surface area contributed by atoms with Crippen molar-refractivity contribution in [3.05, 3.63) is 40.8 Å². The van der Waals surface area contributed by atoms with E-state index in [4.69, 9.17) is 11.6 Å². The summed E-state index contributed by atoms with van der Waals surface area (Å²) in [5.41, 5.74) is 1.02. The van der Waals surface area contributed by atoms with Gasteiger partial charge in [-0.25, -0.2) is 0 Å². The van der Waals surface area contributed by atoms with Gasteiger partial charge in [-0.15, -0.1) is 4.91 Å². The molecule has 0 saturated heterocycles. The Morgan fingerprint density at radius 2 is 2.00 bits per heavy atom. The molecule has 1 rings (SSSR count). The van der Waals surface area contributed by atoms with Crippen molar-refractivity contribution in [1.82, 2.24) is 0 Å². The molecule has 1 atom stereocenters. The minimum atomic E-state index is -1.01. The lowest BCUT2D eigenvalue weighted by Gasteiger charge is -2.11. The molecular weight excluding hydrogens is 174 g/mol. The number of alkyl halides is 1. The summed E-state index contributed by atoms with van der Waals surface area (Å²) in [5.74, 6) is 0. The van der Waals surface area contributed by atoms with Gasteiger partial charge in [-0.2, -0.15) is 0 Å². The van der Waals surface area contributed by atoms with Crippen LogP contribution in [0, 0.1) is 4.91 Å². The summed E-state index contributed by atoms with van der Waals surface area (Å²) in [6.07, 6.45) is 0.471. The van der Waals surface area contributed by atoms with Crippen molar-refractivity contribution < 1.29 is 0 Å². The fourth-order valence-corrected chi connectivity index (χ4v) is 1.16. The lowest BCUT2D eigenvalue weighted by Crippen LogP contribution is -2.15. The molecule has 3 heteroatoms. The number of nitrogens with zero attached hydrogens (tertiary/aromatic N) is 1. The maximum atomic E-state index is 10.2. The van der Waals surface area contributed by atoms with Gasteiger partial charge in [-0.1, -0.05) is 41.9 Å². The lowest BCUT2D eigenvalue weighted by atomic mass is 10.1. The van der Waals surface area contributed by atoms with E-state index in [1.165, 1.54) is 0 Å². The van der Waals surface area contributed by atoms with Crippen molar-refractivity contribution in [3.8, 4) is 0 Å². The Morgan fingerprint density at radius 1 is 1.42 bits per heavy atom. The van der Waals surface area contributed by atoms with Gasteiger partial charge < -0.3 is 0 Å². The highest BCUT2D eigenvalue weighted by Gasteiger charge is 2.21. The number of rotatable bonds is 3. The Hall–Kier alpha value is -0.890. The Kier molecular flexibility index (Phi) is 2.82. The van der Waals surface area contributed by atoms with Crippen LogP contribution in [0.1, 0.15) is 12.5 Å². The van der Waals surface area contributed by atoms with E-state index in [0.717, 1.165) is 5.56 Å². The first-order valence-electron chi connectivity index (χ1n) is 3.71. The molecule has 0 N–H and O–H groups in total. The molecule has 0 saturated carbocycles. The van der Waals surface area contributed by atoms with Gasteiger partial charge in [-0.3, -0.25) is 0 Å². The van der Waals surface area contributed by atoms with Gasteiger partial charge >= 0.3 is 0 Å². The molecule has 0 spiro atoms. The predicted octanol–water partition coefficient (Wildman–Crippen LogP) is 2.95. The van der Waals surface area contributed by atoms with E-state index in [1.54, 1.807) is 6.92 Å². The maximum absolute atomic E-state index is 10.2. The number of nitroso groups, excluding NO2 is 1. The zero-order chi connectivity index (χ0) is 9.03. The molecule has 0 aromatic heterocycles. The Balaban J connectivity index is 2.70. The number of halogens is 1. The summed E-state index contributed by atoms with van der Waals surface area (Å²) in [5, 5.41) is 2.83. The van der Waals surface area contributed by atoms with Crippen LogP contribution >= 0.6 is 11.6 Å². The predicted molar refractivity (Wildman–Crippen MR) is 50.2 cm³/mol. The highest BCUT2D eigenvalue weighted by Crippen LogP contribution is 2.21. The third-order valence-corrected chi connectivity index (χ3v) is 1.76. The van der Waals surface area contributed by atoms with Gasteiger partial charge in [0.05, 0.1) is 0 Å². The van der Waals surface area contributed by atoms with E-state index in [9.17, 15) is 4.91 Å². The molecule has 1 aromatic rings. The van der Waals surface area contributed by atoms with Crippen molar-refractivity contribution in [1.29, 1.82) is 0 Å². The highest BCUT2D eigenvalue weighted by molar-refractivity contribution is 6.23. The van der Waals surface area contributed by atoms with E-state index >= 15 is 0 Å². The van der Waals surface area contributed by atoms with Crippen LogP contribution in [0.5, 0.6) is 0 Å². The summed E-state index contributed by atoms with van der Waals surface area (Å²) >= 11 is 5.78. The molecule has 1 aromatic carbocycles. The first kappa shape index (κ1) is 9.20. The monoisotopic (exact) mass is 183 g/mol. The summed E-state index contributed by atoms with van der Waals surface area (Å²) in [6, 6.07) is 9.58. The van der Waals surface area contributed by atoms with Gasteiger partial charge in [0, 0.05) is 6.42 Å². The molecule has 0 aliphatic rings. The van der Waals surface area contributed by atoms with Crippen LogP contribution in [-0.4, -0.2) is 5.00 Å². The summed E-state index contributed by atoms with van der Waals surface area (Å²) < 4.78 is 0. The van der Waals surface area contributed by atoms with Crippen molar-refractivity contribution >= 4 is 11.6 Å². The molecule has 0 bridgehead atoms. The molecule has 64 valence electrons. The number of hydrogen-bond acceptors (Lipinski definition) is 2. The van der Waals surface area contributed by atoms with Crippen molar-refractivity contribution in [2.75, 3.05) is 0 Å². The molecule has 0 radical (unpaired) electrons. The average Bonchev–Trinajstić information content (AvgIpc) is 2.06. The van der Waals surface area contributed by atoms with E-state index in [0.29, 0.717) is 6.42 Å². The zero-order valence-electron chi connectivity index (χ0n) is 6.83. The Morgan fingerprint density at radius 3 is 2.50 bits per heavy atom. The molecular formula is C9H10ClNO. The van der Waals surface area contributed by atoms with Crippen LogP contribution < -0.4 is 0 Å². The molecule has 0 amide bonds. The van der Waals surface area contributed by atoms with E-state index in [-0.39, 0.29) is 0 Å². The van der Waals surface area contributed by atoms with Gasteiger partial charge in [0.1, 0.15) is 0 Å². The van der Waals surface area contributed by atoms with Gasteiger partial charge in [0.15, 0.2) is 5.00 Å². The maximum Gasteiger partial charge on any atom is 0.176 e. The minimum Gasteiger partial charge on any atom is -0.149 e. The first-order chi connectivity index (χ1) is 5.64. The molecule has 12 heavy (non-hydrogen) atoms. The minimum absolute atomic E-state index is 0.471. The summed E-state index contributed by atoms with van der Waals surface area (Å²) in [7, 11) is 0. The molecule has 0 fully saturated rings. The highest BCUT2D eigenvalue weighted by atomic mass is 35.5. The molecule has 0 aliphatic heterocycles. The quantitative estimate of drug-likeness (QED) is 0.403. The fraction of sp³-hybridized carbons (Fsp3) is 0.333. The molecule has 0 aliphatic carbocycles. The Bertz CT molecular complexity index is 258. The van der Waals surface area contributed by atoms with Crippen molar-refractivity contribution in [3.63, 3.8) is 0 Å². The van der Waals surface area contributed by atoms with Crippen LogP contribution in [0.4, 0.5) is 0 Å². The largest absolute Gasteiger partial charge is 0.176 e. The third kappa shape index (κ3) is 2.62. The molecule has 1 unspecified atom stereocenters. The topological polar surface area (TPSA) is 29.4 Å². The van der Waals surface area contributed by atoms with E-state index < -0.39 is 5.00 Å². The second-order valence-corrected chi connectivity index (χ2v) is 3.71. The van der Waals surface area contributed by atoms with Crippen LogP contribution in [0.2, 0.25) is 0 Å². The zero-order valence-corrected chi connectivity index (χ0v) is 7.58. The standard InChI is InChI=1S/C9H10ClNO/c1-9(10,11-12)7-8-5-3-2-4-6-8/h2-6H,7H2,1H3. The van der Waals surface area contributed by atoms with Crippen molar-refractivity contribution in [2.24, 2.45) is 5.18 Å². The van der Waals surface area contributed by atoms with Gasteiger partial charge in [-0.05, 0) is 17.7 Å². The Labute approximate surface area is 76.5 Å². The SMILES string of the molecule is CC(Cl)(Cc1ccccc1)N=O. The number of hydrogen-bond donors (Lipinski definition) is 0. The normalized spacial score (nSPS) is 15.2. The molecule has 2 nitrogen and oxygen atoms in total. The summed E-state index contributed by atoms with van der Waals surface area (Å²) in [4.78, 5) is 9.24. The third-order valence-electron chi connectivity index (χ3n) is 1.56. The van der Waals surface area contributed by atoms with E-state index in [2.05, 4.69) is 5.18 Å². The van der Waals surface area contributed by atoms with Crippen LogP contribution in [-0.2, 0) is 6.42 Å². The summed E-state index contributed by atoms with van der Waals surface area (Å²) in [6.45, 7) is 1.61. The van der Waals surface area contributed by atoms with Crippen LogP contribution in [0.15, 0.2) is 35.5 Å². The van der Waals surface area contributed by atoms with Crippen LogP contribution in [0.25, 0.3) is 0 Å². The van der Waals surface area contributed by atoms with Gasteiger partial charge in [0.2, 0.25) is 0 Å². The van der Waals surface area contributed by atoms with Gasteiger partial charge in [0.25, 0.3) is 0 Å². The lowest BCUT2D eigenvalue weighted by molar-refractivity contribution is 0.655. The molecule has 0 heterocycles. The average molecular weight is 184 g/mol. The second kappa shape index (κ2) is 3.68. The first-order valence-corrected chi connectivity index (χ1v) is 4.09. The number of benzene rings is 1. The van der Waals surface area contributed by atoms with E-state index in [1.807, 2.05) is 30.3 Å².